The Morgan fingerprint density at radius 1 is 1.16 bits per heavy atom. The summed E-state index contributed by atoms with van der Waals surface area (Å²) in [6.45, 7) is 8.02. The molecule has 0 bridgehead atoms. The van der Waals surface area contributed by atoms with Crippen LogP contribution in [0, 0.1) is 34.5 Å². The van der Waals surface area contributed by atoms with Crippen LogP contribution in [0.25, 0.3) is 0 Å². The summed E-state index contributed by atoms with van der Waals surface area (Å²) >= 11 is 0. The second kappa shape index (κ2) is 7.70. The van der Waals surface area contributed by atoms with Crippen LogP contribution in [-0.4, -0.2) is 35.6 Å². The highest BCUT2D eigenvalue weighted by Gasteiger charge is 2.68. The van der Waals surface area contributed by atoms with Gasteiger partial charge >= 0.3 is 5.97 Å². The first kappa shape index (κ1) is 23.0. The van der Waals surface area contributed by atoms with Crippen molar-refractivity contribution in [3.63, 3.8) is 0 Å². The number of nitrogens with two attached hydrogens (primary N) is 2. The van der Waals surface area contributed by atoms with Crippen molar-refractivity contribution in [1.82, 2.24) is 0 Å². The Balaban J connectivity index is 1.66. The van der Waals surface area contributed by atoms with Crippen molar-refractivity contribution in [1.29, 1.82) is 0 Å². The van der Waals surface area contributed by atoms with Crippen LogP contribution in [0.5, 0.6) is 0 Å². The van der Waals surface area contributed by atoms with Crippen molar-refractivity contribution in [3.05, 3.63) is 11.6 Å². The summed E-state index contributed by atoms with van der Waals surface area (Å²) in [6.07, 6.45) is 7.72. The third-order valence-electron chi connectivity index (χ3n) is 9.65. The number of esters is 1. The van der Waals surface area contributed by atoms with Crippen LogP contribution in [-0.2, 0) is 19.1 Å². The van der Waals surface area contributed by atoms with E-state index in [1.54, 1.807) is 6.92 Å². The predicted octanol–water partition coefficient (Wildman–Crippen LogP) is 2.91. The lowest BCUT2D eigenvalue weighted by Crippen LogP contribution is -2.59. The molecule has 0 spiro atoms. The number of carbonyl (C=O) groups is 3. The van der Waals surface area contributed by atoms with E-state index < -0.39 is 17.0 Å². The molecular formula is C25H37N3O4. The van der Waals surface area contributed by atoms with E-state index in [-0.39, 0.29) is 29.5 Å². The predicted molar refractivity (Wildman–Crippen MR) is 121 cm³/mol. The van der Waals surface area contributed by atoms with E-state index >= 15 is 0 Å². The first-order chi connectivity index (χ1) is 14.9. The summed E-state index contributed by atoms with van der Waals surface area (Å²) in [5.74, 6) is 1.05. The summed E-state index contributed by atoms with van der Waals surface area (Å²) < 4.78 is 5.97. The maximum absolute atomic E-state index is 13.0. The van der Waals surface area contributed by atoms with Gasteiger partial charge in [-0.25, -0.2) is 4.99 Å². The highest BCUT2D eigenvalue weighted by molar-refractivity contribution is 5.92. The fourth-order valence-corrected chi connectivity index (χ4v) is 8.18. The van der Waals surface area contributed by atoms with Crippen LogP contribution in [0.2, 0.25) is 0 Å². The topological polar surface area (TPSA) is 125 Å². The molecule has 0 aromatic carbocycles. The zero-order valence-electron chi connectivity index (χ0n) is 19.8. The normalized spacial score (nSPS) is 42.8. The second-order valence-electron chi connectivity index (χ2n) is 11.1. The molecule has 7 atom stereocenters. The molecule has 4 rings (SSSR count). The van der Waals surface area contributed by atoms with Crippen molar-refractivity contribution < 1.29 is 19.1 Å². The first-order valence-electron chi connectivity index (χ1n) is 12.0. The van der Waals surface area contributed by atoms with Gasteiger partial charge in [-0.3, -0.25) is 14.4 Å². The number of Topliss-reactive ketones (excluding diaryl/α,β-unsaturated/α-hetero) is 1. The van der Waals surface area contributed by atoms with Gasteiger partial charge < -0.3 is 16.2 Å². The number of carbonyl (C=O) groups excluding carboxylic acids is 3. The van der Waals surface area contributed by atoms with Gasteiger partial charge in [-0.2, -0.15) is 0 Å². The molecular weight excluding hydrogens is 406 g/mol. The number of ether oxygens (including phenoxy) is 1. The molecule has 4 N–H and O–H groups in total. The van der Waals surface area contributed by atoms with E-state index in [4.69, 9.17) is 16.2 Å². The molecule has 0 aromatic heterocycles. The molecule has 7 nitrogen and oxygen atoms in total. The lowest BCUT2D eigenvalue weighted by molar-refractivity contribution is -0.188. The van der Waals surface area contributed by atoms with Gasteiger partial charge in [0.1, 0.15) is 6.54 Å². The van der Waals surface area contributed by atoms with Crippen LogP contribution in [0.3, 0.4) is 0 Å². The Morgan fingerprint density at radius 2 is 1.84 bits per heavy atom. The van der Waals surface area contributed by atoms with Gasteiger partial charge in [0.2, 0.25) is 0 Å². The SMILES string of the molecule is CC(=O)[C@@]1(OC(=O)CN=C(N)N)CCC2C3CC(C)C4=CC(=O)CCC4(C)C3CCC21C. The van der Waals surface area contributed by atoms with Crippen LogP contribution < -0.4 is 11.5 Å². The smallest absolute Gasteiger partial charge is 0.328 e. The van der Waals surface area contributed by atoms with E-state index in [1.165, 1.54) is 5.57 Å². The average Bonchev–Trinajstić information content (AvgIpc) is 3.01. The molecule has 0 aliphatic heterocycles. The Morgan fingerprint density at radius 3 is 2.50 bits per heavy atom. The van der Waals surface area contributed by atoms with E-state index in [0.717, 1.165) is 32.1 Å². The highest BCUT2D eigenvalue weighted by atomic mass is 16.6. The van der Waals surface area contributed by atoms with Gasteiger partial charge in [0.25, 0.3) is 0 Å². The zero-order valence-corrected chi connectivity index (χ0v) is 19.8. The summed E-state index contributed by atoms with van der Waals surface area (Å²) in [7, 11) is 0. The third-order valence-corrected chi connectivity index (χ3v) is 9.65. The minimum atomic E-state index is -1.12. The fourth-order valence-electron chi connectivity index (χ4n) is 8.18. The molecule has 7 heteroatoms. The van der Waals surface area contributed by atoms with Crippen LogP contribution in [0.4, 0.5) is 0 Å². The van der Waals surface area contributed by atoms with Gasteiger partial charge in [-0.15, -0.1) is 0 Å². The lowest BCUT2D eigenvalue weighted by Gasteiger charge is -2.60. The summed E-state index contributed by atoms with van der Waals surface area (Å²) in [5, 5.41) is 0. The molecule has 6 unspecified atom stereocenters. The summed E-state index contributed by atoms with van der Waals surface area (Å²) in [6, 6.07) is 0. The number of hydrogen-bond donors (Lipinski definition) is 2. The maximum Gasteiger partial charge on any atom is 0.328 e. The number of hydrogen-bond acceptors (Lipinski definition) is 5. The van der Waals surface area contributed by atoms with Crippen molar-refractivity contribution in [2.45, 2.75) is 78.2 Å². The van der Waals surface area contributed by atoms with Crippen LogP contribution in [0.15, 0.2) is 16.6 Å². The number of allylic oxidation sites excluding steroid dienone is 1. The van der Waals surface area contributed by atoms with E-state index in [9.17, 15) is 14.4 Å². The van der Waals surface area contributed by atoms with Gasteiger partial charge in [0.05, 0.1) is 0 Å². The van der Waals surface area contributed by atoms with E-state index in [0.29, 0.717) is 36.5 Å². The number of ketones is 2. The number of fused-ring (bicyclic) bond motifs is 5. The van der Waals surface area contributed by atoms with Gasteiger partial charge in [0, 0.05) is 11.8 Å². The zero-order chi connectivity index (χ0) is 23.5. The Hall–Kier alpha value is -2.18. The van der Waals surface area contributed by atoms with Crippen LogP contribution >= 0.6 is 0 Å². The molecule has 176 valence electrons. The summed E-state index contributed by atoms with van der Waals surface area (Å²) in [5.41, 5.74) is 10.6. The largest absolute Gasteiger partial charge is 0.449 e. The molecule has 4 aliphatic carbocycles. The molecule has 0 heterocycles. The van der Waals surface area contributed by atoms with Crippen molar-refractivity contribution in [2.75, 3.05) is 6.54 Å². The average molecular weight is 444 g/mol. The van der Waals surface area contributed by atoms with Gasteiger partial charge in [0.15, 0.2) is 23.1 Å². The molecule has 3 fully saturated rings. The third kappa shape index (κ3) is 3.22. The quantitative estimate of drug-likeness (QED) is 0.391. The lowest BCUT2D eigenvalue weighted by atomic mass is 9.44. The molecule has 0 radical (unpaired) electrons. The van der Waals surface area contributed by atoms with E-state index in [2.05, 4.69) is 25.8 Å². The standard InChI is InChI=1S/C25H37N3O4/c1-14-11-17-18(23(3)8-5-16(30)12-20(14)23)6-9-24(4)19(17)7-10-25(24,15(2)29)32-21(31)13-28-22(26)27/h12,14,17-19H,5-11,13H2,1-4H3,(H4,26,27,28)/t14?,17?,18?,19?,23?,24?,25-/m0/s1. The van der Waals surface area contributed by atoms with Crippen molar-refractivity contribution >= 4 is 23.5 Å². The van der Waals surface area contributed by atoms with Crippen molar-refractivity contribution in [3.8, 4) is 0 Å². The molecule has 0 aromatic rings. The minimum Gasteiger partial charge on any atom is -0.449 e. The number of aliphatic imine (C=N–C) groups is 1. The van der Waals surface area contributed by atoms with Gasteiger partial charge in [-0.1, -0.05) is 26.3 Å². The number of rotatable bonds is 4. The van der Waals surface area contributed by atoms with E-state index in [1.807, 2.05) is 6.08 Å². The molecule has 32 heavy (non-hydrogen) atoms. The van der Waals surface area contributed by atoms with Gasteiger partial charge in [-0.05, 0) is 80.6 Å². The monoisotopic (exact) mass is 443 g/mol. The fraction of sp³-hybridized carbons (Fsp3) is 0.760. The highest BCUT2D eigenvalue weighted by Crippen LogP contribution is 2.69. The molecule has 4 aliphatic rings. The molecule has 0 amide bonds. The molecule has 0 saturated heterocycles. The maximum atomic E-state index is 13.0. The number of guanidine groups is 1. The Bertz CT molecular complexity index is 907. The first-order valence-corrected chi connectivity index (χ1v) is 12.0. The Labute approximate surface area is 190 Å². The van der Waals surface area contributed by atoms with Crippen molar-refractivity contribution in [2.24, 2.45) is 51.0 Å². The molecule has 3 saturated carbocycles. The second-order valence-corrected chi connectivity index (χ2v) is 11.1. The summed E-state index contributed by atoms with van der Waals surface area (Å²) in [4.78, 5) is 41.6. The minimum absolute atomic E-state index is 0.0447. The number of nitrogens with zero attached hydrogens (tertiary/aromatic N) is 1. The Kier molecular flexibility index (Phi) is 5.53. The van der Waals surface area contributed by atoms with Crippen LogP contribution in [0.1, 0.15) is 72.6 Å².